The van der Waals surface area contributed by atoms with Crippen molar-refractivity contribution in [2.45, 2.75) is 19.9 Å². The van der Waals surface area contributed by atoms with E-state index in [4.69, 9.17) is 0 Å². The molecule has 0 radical (unpaired) electrons. The van der Waals surface area contributed by atoms with Gasteiger partial charge < -0.3 is 15.5 Å². The molecule has 5 heteroatoms. The Labute approximate surface area is 149 Å². The van der Waals surface area contributed by atoms with Gasteiger partial charge in [-0.1, -0.05) is 43.3 Å². The number of anilines is 1. The predicted octanol–water partition coefficient (Wildman–Crippen LogP) is 2.90. The summed E-state index contributed by atoms with van der Waals surface area (Å²) < 4.78 is 0. The average Bonchev–Trinajstić information content (AvgIpc) is 2.65. The zero-order chi connectivity index (χ0) is 18.1. The smallest absolute Gasteiger partial charge is 0.251 e. The first kappa shape index (κ1) is 18.5. The zero-order valence-corrected chi connectivity index (χ0v) is 14.8. The van der Waals surface area contributed by atoms with Crippen molar-refractivity contribution in [1.29, 1.82) is 0 Å². The molecule has 0 saturated heterocycles. The Balaban J connectivity index is 1.87. The number of carbonyl (C=O) groups is 2. The molecule has 0 spiro atoms. The molecule has 0 atom stereocenters. The van der Waals surface area contributed by atoms with Crippen LogP contribution in [0.25, 0.3) is 0 Å². The summed E-state index contributed by atoms with van der Waals surface area (Å²) in [6.07, 6.45) is 0.895. The largest absolute Gasteiger partial charge is 0.376 e. The van der Waals surface area contributed by atoms with E-state index in [0.29, 0.717) is 18.7 Å². The lowest BCUT2D eigenvalue weighted by Gasteiger charge is -2.18. The number of likely N-dealkylation sites (N-methyl/N-ethyl adjacent to an activating group) is 1. The molecular formula is C20H25N3O2. The molecule has 2 aromatic rings. The van der Waals surface area contributed by atoms with Gasteiger partial charge in [-0.3, -0.25) is 9.59 Å². The van der Waals surface area contributed by atoms with Gasteiger partial charge in [-0.2, -0.15) is 0 Å². The van der Waals surface area contributed by atoms with Crippen molar-refractivity contribution in [2.75, 3.05) is 25.5 Å². The fraction of sp³-hybridized carbons (Fsp3) is 0.300. The molecule has 0 heterocycles. The van der Waals surface area contributed by atoms with Gasteiger partial charge in [0.25, 0.3) is 5.91 Å². The first-order chi connectivity index (χ1) is 12.1. The predicted molar refractivity (Wildman–Crippen MR) is 100 cm³/mol. The van der Waals surface area contributed by atoms with E-state index in [1.54, 1.807) is 30.1 Å². The second-order valence-corrected chi connectivity index (χ2v) is 5.93. The highest BCUT2D eigenvalue weighted by Crippen LogP contribution is 2.11. The molecule has 0 unspecified atom stereocenters. The second-order valence-electron chi connectivity index (χ2n) is 5.93. The molecule has 2 amide bonds. The topological polar surface area (TPSA) is 61.4 Å². The van der Waals surface area contributed by atoms with Crippen molar-refractivity contribution >= 4 is 17.5 Å². The fourth-order valence-electron chi connectivity index (χ4n) is 2.37. The van der Waals surface area contributed by atoms with E-state index in [1.165, 1.54) is 0 Å². The van der Waals surface area contributed by atoms with Crippen LogP contribution in [0, 0.1) is 0 Å². The number of benzene rings is 2. The number of carbonyl (C=O) groups excluding carboxylic acids is 2. The van der Waals surface area contributed by atoms with Crippen molar-refractivity contribution < 1.29 is 9.59 Å². The summed E-state index contributed by atoms with van der Waals surface area (Å²) in [4.78, 5) is 25.9. The number of nitrogens with one attached hydrogen (secondary N) is 2. The third-order valence-electron chi connectivity index (χ3n) is 3.79. The molecule has 132 valence electrons. The van der Waals surface area contributed by atoms with Crippen molar-refractivity contribution in [3.63, 3.8) is 0 Å². The van der Waals surface area contributed by atoms with Gasteiger partial charge in [0.05, 0.1) is 6.54 Å². The Kier molecular flexibility index (Phi) is 7.01. The molecule has 0 aliphatic carbocycles. The standard InChI is InChI=1S/C20H25N3O2/c1-3-12-21-20(25)17-10-7-11-18(13-17)22-14-19(24)23(2)15-16-8-5-4-6-9-16/h4-11,13,22H,3,12,14-15H2,1-2H3,(H,21,25). The molecular weight excluding hydrogens is 314 g/mol. The van der Waals surface area contributed by atoms with E-state index < -0.39 is 0 Å². The maximum atomic E-state index is 12.3. The lowest BCUT2D eigenvalue weighted by molar-refractivity contribution is -0.128. The maximum Gasteiger partial charge on any atom is 0.251 e. The Hall–Kier alpha value is -2.82. The quantitative estimate of drug-likeness (QED) is 0.777. The Bertz CT molecular complexity index is 701. The van der Waals surface area contributed by atoms with Gasteiger partial charge >= 0.3 is 0 Å². The number of rotatable bonds is 8. The summed E-state index contributed by atoms with van der Waals surface area (Å²) in [5.74, 6) is -0.109. The zero-order valence-electron chi connectivity index (χ0n) is 14.8. The second kappa shape index (κ2) is 9.47. The van der Waals surface area contributed by atoms with Gasteiger partial charge in [0, 0.05) is 31.4 Å². The minimum Gasteiger partial charge on any atom is -0.376 e. The molecule has 2 N–H and O–H groups in total. The molecule has 2 rings (SSSR count). The normalized spacial score (nSPS) is 10.2. The van der Waals surface area contributed by atoms with Gasteiger partial charge in [-0.25, -0.2) is 0 Å². The summed E-state index contributed by atoms with van der Waals surface area (Å²) in [5.41, 5.74) is 2.43. The molecule has 0 aliphatic rings. The van der Waals surface area contributed by atoms with Crippen molar-refractivity contribution in [1.82, 2.24) is 10.2 Å². The van der Waals surface area contributed by atoms with Crippen LogP contribution in [-0.2, 0) is 11.3 Å². The average molecular weight is 339 g/mol. The minimum atomic E-state index is -0.0991. The van der Waals surface area contributed by atoms with Crippen molar-refractivity contribution in [3.8, 4) is 0 Å². The van der Waals surface area contributed by atoms with E-state index in [1.807, 2.05) is 43.3 Å². The van der Waals surface area contributed by atoms with Crippen molar-refractivity contribution in [2.24, 2.45) is 0 Å². The Morgan fingerprint density at radius 3 is 2.52 bits per heavy atom. The number of nitrogens with zero attached hydrogens (tertiary/aromatic N) is 1. The van der Waals surface area contributed by atoms with Crippen LogP contribution in [0.15, 0.2) is 54.6 Å². The number of hydrogen-bond donors (Lipinski definition) is 2. The summed E-state index contributed by atoms with van der Waals surface area (Å²) in [7, 11) is 1.78. The van der Waals surface area contributed by atoms with E-state index in [0.717, 1.165) is 17.7 Å². The lowest BCUT2D eigenvalue weighted by Crippen LogP contribution is -2.31. The van der Waals surface area contributed by atoms with Crippen LogP contribution < -0.4 is 10.6 Å². The molecule has 0 fully saturated rings. The first-order valence-corrected chi connectivity index (χ1v) is 8.50. The molecule has 0 bridgehead atoms. The third kappa shape index (κ3) is 5.95. The minimum absolute atomic E-state index is 0.00955. The third-order valence-corrected chi connectivity index (χ3v) is 3.79. The van der Waals surface area contributed by atoms with Crippen LogP contribution in [0.5, 0.6) is 0 Å². The molecule has 25 heavy (non-hydrogen) atoms. The highest BCUT2D eigenvalue weighted by molar-refractivity contribution is 5.95. The lowest BCUT2D eigenvalue weighted by atomic mass is 10.2. The number of hydrogen-bond acceptors (Lipinski definition) is 3. The van der Waals surface area contributed by atoms with Crippen LogP contribution in [0.3, 0.4) is 0 Å². The van der Waals surface area contributed by atoms with E-state index in [2.05, 4.69) is 10.6 Å². The monoisotopic (exact) mass is 339 g/mol. The highest BCUT2D eigenvalue weighted by Gasteiger charge is 2.10. The fourth-order valence-corrected chi connectivity index (χ4v) is 2.37. The summed E-state index contributed by atoms with van der Waals surface area (Å²) in [6.45, 7) is 3.42. The van der Waals surface area contributed by atoms with Gasteiger partial charge in [0.2, 0.25) is 5.91 Å². The molecule has 0 aromatic heterocycles. The van der Waals surface area contributed by atoms with E-state index in [9.17, 15) is 9.59 Å². The SMILES string of the molecule is CCCNC(=O)c1cccc(NCC(=O)N(C)Cc2ccccc2)c1. The highest BCUT2D eigenvalue weighted by atomic mass is 16.2. The Morgan fingerprint density at radius 1 is 1.04 bits per heavy atom. The summed E-state index contributed by atoms with van der Waals surface area (Å²) >= 11 is 0. The van der Waals surface area contributed by atoms with Crippen LogP contribution in [-0.4, -0.2) is 36.9 Å². The van der Waals surface area contributed by atoms with Crippen LogP contribution >= 0.6 is 0 Å². The van der Waals surface area contributed by atoms with Crippen LogP contribution in [0.2, 0.25) is 0 Å². The van der Waals surface area contributed by atoms with Gasteiger partial charge in [0.1, 0.15) is 0 Å². The summed E-state index contributed by atoms with van der Waals surface area (Å²) in [5, 5.41) is 5.94. The molecule has 0 aliphatic heterocycles. The van der Waals surface area contributed by atoms with E-state index in [-0.39, 0.29) is 18.4 Å². The van der Waals surface area contributed by atoms with Crippen LogP contribution in [0.4, 0.5) is 5.69 Å². The number of amides is 2. The Morgan fingerprint density at radius 2 is 1.80 bits per heavy atom. The van der Waals surface area contributed by atoms with E-state index >= 15 is 0 Å². The molecule has 2 aromatic carbocycles. The van der Waals surface area contributed by atoms with Gasteiger partial charge in [0.15, 0.2) is 0 Å². The maximum absolute atomic E-state index is 12.3. The van der Waals surface area contributed by atoms with Gasteiger partial charge in [-0.15, -0.1) is 0 Å². The van der Waals surface area contributed by atoms with Crippen molar-refractivity contribution in [3.05, 3.63) is 65.7 Å². The first-order valence-electron chi connectivity index (χ1n) is 8.50. The van der Waals surface area contributed by atoms with Crippen LogP contribution in [0.1, 0.15) is 29.3 Å². The molecule has 0 saturated carbocycles. The molecule has 5 nitrogen and oxygen atoms in total. The summed E-state index contributed by atoms with van der Waals surface area (Å²) in [6, 6.07) is 17.0. The van der Waals surface area contributed by atoms with Gasteiger partial charge in [-0.05, 0) is 30.2 Å².